The average molecular weight is 254 g/mol. The summed E-state index contributed by atoms with van der Waals surface area (Å²) in [5.74, 6) is 0.948. The predicted molar refractivity (Wildman–Crippen MR) is 75.7 cm³/mol. The molecule has 2 N–H and O–H groups in total. The minimum absolute atomic E-state index is 0.0647. The van der Waals surface area contributed by atoms with Crippen LogP contribution in [0.1, 0.15) is 52.4 Å². The topological polar surface area (TPSA) is 35.5 Å². The van der Waals surface area contributed by atoms with Gasteiger partial charge in [0.25, 0.3) is 0 Å². The highest BCUT2D eigenvalue weighted by Crippen LogP contribution is 2.34. The zero-order chi connectivity index (χ0) is 13.2. The molecule has 18 heavy (non-hydrogen) atoms. The van der Waals surface area contributed by atoms with E-state index < -0.39 is 0 Å². The van der Waals surface area contributed by atoms with Crippen LogP contribution in [0.4, 0.5) is 0 Å². The summed E-state index contributed by atoms with van der Waals surface area (Å²) in [7, 11) is 2.24. The Morgan fingerprint density at radius 1 is 1.33 bits per heavy atom. The van der Waals surface area contributed by atoms with Crippen LogP contribution < -0.4 is 5.32 Å². The number of nitrogens with one attached hydrogen (secondary N) is 1. The summed E-state index contributed by atoms with van der Waals surface area (Å²) in [6, 6.07) is 1.41. The first kappa shape index (κ1) is 14.3. The molecule has 2 rings (SSSR count). The summed E-state index contributed by atoms with van der Waals surface area (Å²) in [5.41, 5.74) is -0.0647. The molecular weight excluding hydrogens is 224 g/mol. The van der Waals surface area contributed by atoms with E-state index in [1.807, 2.05) is 0 Å². The first-order valence-corrected chi connectivity index (χ1v) is 7.63. The lowest BCUT2D eigenvalue weighted by atomic mass is 9.96. The van der Waals surface area contributed by atoms with E-state index >= 15 is 0 Å². The number of rotatable bonds is 9. The fraction of sp³-hybridized carbons (Fsp3) is 1.00. The normalized spacial score (nSPS) is 25.2. The molecule has 0 aromatic rings. The molecule has 0 heterocycles. The van der Waals surface area contributed by atoms with Gasteiger partial charge in [0.1, 0.15) is 0 Å². The second-order valence-corrected chi connectivity index (χ2v) is 6.80. The van der Waals surface area contributed by atoms with E-state index in [2.05, 4.69) is 31.1 Å². The van der Waals surface area contributed by atoms with Gasteiger partial charge in [0.05, 0.1) is 6.61 Å². The van der Waals surface area contributed by atoms with Crippen molar-refractivity contribution in [3.63, 3.8) is 0 Å². The van der Waals surface area contributed by atoms with E-state index in [0.717, 1.165) is 24.9 Å². The number of hydrogen-bond acceptors (Lipinski definition) is 3. The van der Waals surface area contributed by atoms with Crippen molar-refractivity contribution >= 4 is 0 Å². The van der Waals surface area contributed by atoms with Crippen LogP contribution in [0.3, 0.4) is 0 Å². The quantitative estimate of drug-likeness (QED) is 0.660. The highest BCUT2D eigenvalue weighted by molar-refractivity contribution is 4.92. The Bertz CT molecular complexity index is 263. The van der Waals surface area contributed by atoms with Crippen LogP contribution in [-0.2, 0) is 0 Å². The summed E-state index contributed by atoms with van der Waals surface area (Å²) < 4.78 is 0. The summed E-state index contributed by atoms with van der Waals surface area (Å²) in [6.45, 7) is 5.92. The molecule has 2 saturated carbocycles. The monoisotopic (exact) mass is 254 g/mol. The van der Waals surface area contributed by atoms with Gasteiger partial charge in [-0.25, -0.2) is 0 Å². The van der Waals surface area contributed by atoms with Gasteiger partial charge >= 0.3 is 0 Å². The van der Waals surface area contributed by atoms with Crippen molar-refractivity contribution in [2.45, 2.75) is 70.0 Å². The third kappa shape index (κ3) is 4.22. The maximum absolute atomic E-state index is 9.56. The zero-order valence-electron chi connectivity index (χ0n) is 12.3. The molecule has 0 bridgehead atoms. The van der Waals surface area contributed by atoms with Gasteiger partial charge in [-0.3, -0.25) is 0 Å². The SMILES string of the molecule is CC(C1CC1)N(C)CCCC(C)(CO)NC1CC1. The first-order chi connectivity index (χ1) is 8.54. The second kappa shape index (κ2) is 5.89. The Labute approximate surface area is 112 Å². The molecule has 2 aliphatic rings. The molecule has 0 amide bonds. The average Bonchev–Trinajstić information content (AvgIpc) is 3.21. The first-order valence-electron chi connectivity index (χ1n) is 7.63. The van der Waals surface area contributed by atoms with Gasteiger partial charge in [-0.2, -0.15) is 0 Å². The summed E-state index contributed by atoms with van der Waals surface area (Å²) in [6.07, 6.45) is 7.65. The van der Waals surface area contributed by atoms with Crippen LogP contribution in [0.5, 0.6) is 0 Å². The van der Waals surface area contributed by atoms with Gasteiger partial charge in [0.2, 0.25) is 0 Å². The van der Waals surface area contributed by atoms with E-state index in [0.29, 0.717) is 6.04 Å². The van der Waals surface area contributed by atoms with E-state index in [9.17, 15) is 5.11 Å². The molecule has 3 nitrogen and oxygen atoms in total. The summed E-state index contributed by atoms with van der Waals surface area (Å²) >= 11 is 0. The van der Waals surface area contributed by atoms with Gasteiger partial charge in [-0.05, 0) is 71.9 Å². The molecule has 2 aliphatic carbocycles. The molecule has 2 unspecified atom stereocenters. The molecule has 2 atom stereocenters. The molecule has 106 valence electrons. The number of nitrogens with zero attached hydrogens (tertiary/aromatic N) is 1. The standard InChI is InChI=1S/C15H30N2O/c1-12(13-5-6-13)17(3)10-4-9-15(2,11-18)16-14-7-8-14/h12-14,16,18H,4-11H2,1-3H3. The van der Waals surface area contributed by atoms with Crippen LogP contribution in [0.15, 0.2) is 0 Å². The molecule has 0 aromatic carbocycles. The lowest BCUT2D eigenvalue weighted by molar-refractivity contribution is 0.151. The lowest BCUT2D eigenvalue weighted by Crippen LogP contribution is -2.47. The maximum atomic E-state index is 9.56. The van der Waals surface area contributed by atoms with Crippen molar-refractivity contribution in [1.29, 1.82) is 0 Å². The fourth-order valence-corrected chi connectivity index (χ4v) is 2.78. The van der Waals surface area contributed by atoms with Gasteiger partial charge in [-0.1, -0.05) is 0 Å². The molecule has 0 aromatic heterocycles. The van der Waals surface area contributed by atoms with Gasteiger partial charge < -0.3 is 15.3 Å². The number of hydrogen-bond donors (Lipinski definition) is 2. The van der Waals surface area contributed by atoms with Crippen LogP contribution in [0, 0.1) is 5.92 Å². The Morgan fingerprint density at radius 3 is 2.50 bits per heavy atom. The summed E-state index contributed by atoms with van der Waals surface area (Å²) in [4.78, 5) is 2.49. The Morgan fingerprint density at radius 2 is 2.00 bits per heavy atom. The predicted octanol–water partition coefficient (Wildman–Crippen LogP) is 2.00. The molecular formula is C15H30N2O. The van der Waals surface area contributed by atoms with E-state index in [1.54, 1.807) is 0 Å². The molecule has 0 spiro atoms. The van der Waals surface area contributed by atoms with Crippen LogP contribution in [0.25, 0.3) is 0 Å². The third-order valence-corrected chi connectivity index (χ3v) is 4.72. The minimum Gasteiger partial charge on any atom is -0.394 e. The maximum Gasteiger partial charge on any atom is 0.0610 e. The van der Waals surface area contributed by atoms with Crippen molar-refractivity contribution in [1.82, 2.24) is 10.2 Å². The molecule has 0 radical (unpaired) electrons. The van der Waals surface area contributed by atoms with Crippen molar-refractivity contribution < 1.29 is 5.11 Å². The van der Waals surface area contributed by atoms with Crippen LogP contribution >= 0.6 is 0 Å². The fourth-order valence-electron chi connectivity index (χ4n) is 2.78. The number of aliphatic hydroxyl groups excluding tert-OH is 1. The van der Waals surface area contributed by atoms with Crippen LogP contribution in [0.2, 0.25) is 0 Å². The Hall–Kier alpha value is -0.120. The Kier molecular flexibility index (Phi) is 4.68. The summed E-state index contributed by atoms with van der Waals surface area (Å²) in [5, 5.41) is 13.1. The smallest absolute Gasteiger partial charge is 0.0610 e. The highest BCUT2D eigenvalue weighted by Gasteiger charge is 2.33. The van der Waals surface area contributed by atoms with E-state index in [-0.39, 0.29) is 12.1 Å². The van der Waals surface area contributed by atoms with E-state index in [1.165, 1.54) is 32.1 Å². The minimum atomic E-state index is -0.0647. The van der Waals surface area contributed by atoms with Crippen molar-refractivity contribution in [2.24, 2.45) is 5.92 Å². The van der Waals surface area contributed by atoms with Gasteiger partial charge in [0.15, 0.2) is 0 Å². The highest BCUT2D eigenvalue weighted by atomic mass is 16.3. The third-order valence-electron chi connectivity index (χ3n) is 4.72. The number of aliphatic hydroxyl groups is 1. The van der Waals surface area contributed by atoms with Crippen molar-refractivity contribution in [3.8, 4) is 0 Å². The van der Waals surface area contributed by atoms with Gasteiger partial charge in [-0.15, -0.1) is 0 Å². The second-order valence-electron chi connectivity index (χ2n) is 6.80. The molecule has 0 aliphatic heterocycles. The Balaban J connectivity index is 1.65. The van der Waals surface area contributed by atoms with Crippen molar-refractivity contribution in [2.75, 3.05) is 20.2 Å². The molecule has 3 heteroatoms. The van der Waals surface area contributed by atoms with Crippen molar-refractivity contribution in [3.05, 3.63) is 0 Å². The zero-order valence-corrected chi connectivity index (χ0v) is 12.3. The largest absolute Gasteiger partial charge is 0.394 e. The molecule has 0 saturated heterocycles. The lowest BCUT2D eigenvalue weighted by Gasteiger charge is -2.31. The molecule has 2 fully saturated rings. The van der Waals surface area contributed by atoms with Gasteiger partial charge in [0, 0.05) is 17.6 Å². The van der Waals surface area contributed by atoms with Crippen LogP contribution in [-0.4, -0.2) is 47.8 Å². The van der Waals surface area contributed by atoms with E-state index in [4.69, 9.17) is 0 Å².